The fraction of sp³-hybridized carbons (Fsp3) is 0.500. The Balaban J connectivity index is 2.52. The number of pyridine rings is 1. The number of hydrogen-bond donors (Lipinski definition) is 2. The van der Waals surface area contributed by atoms with Crippen molar-refractivity contribution in [2.24, 2.45) is 0 Å². The molecule has 0 aliphatic rings. The Hall–Kier alpha value is -0.660. The summed E-state index contributed by atoms with van der Waals surface area (Å²) in [7, 11) is -3.33. The SMILES string of the molecule is CC(C)NCCS(=O)(=O)Nc1ccc(Br)cn1. The van der Waals surface area contributed by atoms with E-state index in [2.05, 4.69) is 31.0 Å². The summed E-state index contributed by atoms with van der Waals surface area (Å²) in [5.41, 5.74) is 0. The van der Waals surface area contributed by atoms with Gasteiger partial charge in [-0.2, -0.15) is 0 Å². The van der Waals surface area contributed by atoms with Crippen LogP contribution in [0.15, 0.2) is 22.8 Å². The zero-order chi connectivity index (χ0) is 12.9. The average molecular weight is 322 g/mol. The zero-order valence-electron chi connectivity index (χ0n) is 9.77. The molecule has 0 saturated carbocycles. The second kappa shape index (κ2) is 6.32. The number of rotatable bonds is 6. The van der Waals surface area contributed by atoms with Gasteiger partial charge in [-0.15, -0.1) is 0 Å². The maximum Gasteiger partial charge on any atom is 0.235 e. The molecule has 0 aliphatic carbocycles. The summed E-state index contributed by atoms with van der Waals surface area (Å²) in [6.45, 7) is 4.36. The summed E-state index contributed by atoms with van der Waals surface area (Å²) in [4.78, 5) is 3.95. The summed E-state index contributed by atoms with van der Waals surface area (Å²) < 4.78 is 26.6. The van der Waals surface area contributed by atoms with Gasteiger partial charge >= 0.3 is 0 Å². The van der Waals surface area contributed by atoms with E-state index in [0.29, 0.717) is 12.4 Å². The van der Waals surface area contributed by atoms with E-state index in [-0.39, 0.29) is 11.8 Å². The summed E-state index contributed by atoms with van der Waals surface area (Å²) in [5.74, 6) is 0.362. The molecule has 1 aromatic rings. The number of halogens is 1. The summed E-state index contributed by atoms with van der Waals surface area (Å²) in [5, 5.41) is 3.05. The Morgan fingerprint density at radius 2 is 2.12 bits per heavy atom. The van der Waals surface area contributed by atoms with Gasteiger partial charge in [0.15, 0.2) is 0 Å². The Kier molecular flexibility index (Phi) is 5.35. The van der Waals surface area contributed by atoms with E-state index in [1.165, 1.54) is 0 Å². The third-order valence-corrected chi connectivity index (χ3v) is 3.64. The molecule has 0 saturated heterocycles. The van der Waals surface area contributed by atoms with Crippen molar-refractivity contribution in [2.45, 2.75) is 19.9 Å². The highest BCUT2D eigenvalue weighted by Gasteiger charge is 2.10. The minimum absolute atomic E-state index is 0.0307. The molecule has 0 aliphatic heterocycles. The molecule has 0 aromatic carbocycles. The normalized spacial score (nSPS) is 11.8. The highest BCUT2D eigenvalue weighted by Crippen LogP contribution is 2.11. The van der Waals surface area contributed by atoms with Crippen molar-refractivity contribution in [2.75, 3.05) is 17.0 Å². The van der Waals surface area contributed by atoms with Crippen LogP contribution in [0.4, 0.5) is 5.82 Å². The highest BCUT2D eigenvalue weighted by molar-refractivity contribution is 9.10. The standard InChI is InChI=1S/C10H16BrN3O2S/c1-8(2)12-5-6-17(15,16)14-10-4-3-9(11)7-13-10/h3-4,7-8,12H,5-6H2,1-2H3,(H,13,14). The Morgan fingerprint density at radius 3 is 2.65 bits per heavy atom. The number of sulfonamides is 1. The first-order valence-electron chi connectivity index (χ1n) is 5.24. The van der Waals surface area contributed by atoms with Crippen LogP contribution in [0.2, 0.25) is 0 Å². The van der Waals surface area contributed by atoms with Crippen molar-refractivity contribution < 1.29 is 8.42 Å². The molecule has 0 amide bonds. The van der Waals surface area contributed by atoms with Crippen LogP contribution in [0.1, 0.15) is 13.8 Å². The van der Waals surface area contributed by atoms with E-state index in [0.717, 1.165) is 4.47 Å². The molecule has 96 valence electrons. The molecule has 7 heteroatoms. The van der Waals surface area contributed by atoms with Crippen molar-refractivity contribution in [3.8, 4) is 0 Å². The molecule has 0 bridgehead atoms. The van der Waals surface area contributed by atoms with Crippen LogP contribution in [0.3, 0.4) is 0 Å². The predicted octanol–water partition coefficient (Wildman–Crippen LogP) is 1.58. The van der Waals surface area contributed by atoms with Gasteiger partial charge in [-0.05, 0) is 28.1 Å². The lowest BCUT2D eigenvalue weighted by Crippen LogP contribution is -2.31. The van der Waals surface area contributed by atoms with E-state index in [9.17, 15) is 8.42 Å². The van der Waals surface area contributed by atoms with Crippen LogP contribution in [-0.2, 0) is 10.0 Å². The summed E-state index contributed by atoms with van der Waals surface area (Å²) in [6, 6.07) is 3.62. The number of nitrogens with zero attached hydrogens (tertiary/aromatic N) is 1. The molecular formula is C10H16BrN3O2S. The van der Waals surface area contributed by atoms with Gasteiger partial charge in [-0.25, -0.2) is 13.4 Å². The quantitative estimate of drug-likeness (QED) is 0.834. The molecule has 0 radical (unpaired) electrons. The fourth-order valence-electron chi connectivity index (χ4n) is 1.13. The van der Waals surface area contributed by atoms with Crippen molar-refractivity contribution in [3.63, 3.8) is 0 Å². The summed E-state index contributed by atoms with van der Waals surface area (Å²) in [6.07, 6.45) is 1.55. The van der Waals surface area contributed by atoms with Gasteiger partial charge < -0.3 is 5.32 Å². The third kappa shape index (κ3) is 5.99. The molecule has 1 heterocycles. The second-order valence-electron chi connectivity index (χ2n) is 3.89. The first kappa shape index (κ1) is 14.4. The van der Waals surface area contributed by atoms with Gasteiger partial charge in [0.05, 0.1) is 5.75 Å². The van der Waals surface area contributed by atoms with Gasteiger partial charge in [0, 0.05) is 23.3 Å². The predicted molar refractivity (Wildman–Crippen MR) is 72.5 cm³/mol. The van der Waals surface area contributed by atoms with Crippen LogP contribution in [0.25, 0.3) is 0 Å². The number of hydrogen-bond acceptors (Lipinski definition) is 4. The minimum Gasteiger partial charge on any atom is -0.313 e. The maximum absolute atomic E-state index is 11.7. The minimum atomic E-state index is -3.33. The molecule has 1 aromatic heterocycles. The Labute approximate surface area is 110 Å². The van der Waals surface area contributed by atoms with Crippen molar-refractivity contribution in [1.82, 2.24) is 10.3 Å². The topological polar surface area (TPSA) is 71.1 Å². The Bertz CT molecular complexity index is 445. The van der Waals surface area contributed by atoms with Crippen LogP contribution >= 0.6 is 15.9 Å². The van der Waals surface area contributed by atoms with Gasteiger partial charge in [0.2, 0.25) is 10.0 Å². The lowest BCUT2D eigenvalue weighted by atomic mass is 10.4. The lowest BCUT2D eigenvalue weighted by Gasteiger charge is -2.09. The molecular weight excluding hydrogens is 306 g/mol. The first-order valence-corrected chi connectivity index (χ1v) is 7.69. The van der Waals surface area contributed by atoms with Crippen LogP contribution in [0.5, 0.6) is 0 Å². The molecule has 2 N–H and O–H groups in total. The van der Waals surface area contributed by atoms with Crippen LogP contribution < -0.4 is 10.0 Å². The van der Waals surface area contributed by atoms with Gasteiger partial charge in [-0.1, -0.05) is 13.8 Å². The molecule has 0 unspecified atom stereocenters. The first-order chi connectivity index (χ1) is 7.89. The molecule has 0 atom stereocenters. The smallest absolute Gasteiger partial charge is 0.235 e. The van der Waals surface area contributed by atoms with Crippen molar-refractivity contribution in [1.29, 1.82) is 0 Å². The lowest BCUT2D eigenvalue weighted by molar-refractivity contribution is 0.582. The number of aromatic nitrogens is 1. The molecule has 17 heavy (non-hydrogen) atoms. The molecule has 0 fully saturated rings. The maximum atomic E-state index is 11.7. The largest absolute Gasteiger partial charge is 0.313 e. The van der Waals surface area contributed by atoms with E-state index in [4.69, 9.17) is 0 Å². The van der Waals surface area contributed by atoms with Crippen molar-refractivity contribution >= 4 is 31.8 Å². The number of anilines is 1. The zero-order valence-corrected chi connectivity index (χ0v) is 12.2. The molecule has 5 nitrogen and oxygen atoms in total. The Morgan fingerprint density at radius 1 is 1.41 bits per heavy atom. The van der Waals surface area contributed by atoms with Gasteiger partial charge in [0.1, 0.15) is 5.82 Å². The summed E-state index contributed by atoms with van der Waals surface area (Å²) >= 11 is 3.23. The fourth-order valence-corrected chi connectivity index (χ4v) is 2.29. The van der Waals surface area contributed by atoms with E-state index < -0.39 is 10.0 Å². The number of nitrogens with one attached hydrogen (secondary N) is 2. The van der Waals surface area contributed by atoms with Crippen LogP contribution in [-0.4, -0.2) is 31.7 Å². The monoisotopic (exact) mass is 321 g/mol. The third-order valence-electron chi connectivity index (χ3n) is 1.91. The van der Waals surface area contributed by atoms with E-state index in [1.54, 1.807) is 18.3 Å². The molecule has 1 rings (SSSR count). The second-order valence-corrected chi connectivity index (χ2v) is 6.65. The van der Waals surface area contributed by atoms with E-state index in [1.807, 2.05) is 13.8 Å². The van der Waals surface area contributed by atoms with Crippen molar-refractivity contribution in [3.05, 3.63) is 22.8 Å². The van der Waals surface area contributed by atoms with Gasteiger partial charge in [-0.3, -0.25) is 4.72 Å². The van der Waals surface area contributed by atoms with E-state index >= 15 is 0 Å². The highest BCUT2D eigenvalue weighted by atomic mass is 79.9. The van der Waals surface area contributed by atoms with Crippen LogP contribution in [0, 0.1) is 0 Å². The molecule has 0 spiro atoms. The average Bonchev–Trinajstić information content (AvgIpc) is 2.20. The van der Waals surface area contributed by atoms with Gasteiger partial charge in [0.25, 0.3) is 0 Å².